The molecule has 2 aromatic heterocycles. The molecule has 0 aliphatic carbocycles. The standard InChI is InChI=1S/C23H27N5S/c1-3-12-29-28-10-7-17(8-11-28)22-14-20-21(6-9-25-23(20)27-22)26-19-5-4-16(2)18(13-19)15-24/h4-7,9,13-15,24H,3,8,10-12H2,1-2H3,(H2,25,26,27). The molecule has 150 valence electrons. The molecular formula is C23H27N5S. The van der Waals surface area contributed by atoms with Crippen LogP contribution in [0.5, 0.6) is 0 Å². The maximum absolute atomic E-state index is 7.58. The van der Waals surface area contributed by atoms with E-state index >= 15 is 0 Å². The van der Waals surface area contributed by atoms with Crippen molar-refractivity contribution in [1.82, 2.24) is 14.3 Å². The molecule has 1 aromatic carbocycles. The van der Waals surface area contributed by atoms with Crippen molar-refractivity contribution in [1.29, 1.82) is 5.41 Å². The van der Waals surface area contributed by atoms with Gasteiger partial charge in [-0.05, 0) is 60.7 Å². The fourth-order valence-electron chi connectivity index (χ4n) is 3.57. The third-order valence-corrected chi connectivity index (χ3v) is 6.53. The zero-order valence-corrected chi connectivity index (χ0v) is 17.8. The van der Waals surface area contributed by atoms with Crippen LogP contribution < -0.4 is 5.32 Å². The SMILES string of the molecule is CCCSN1CC=C(c2cc3c(Nc4ccc(C)c(C=N)c4)ccnc3[nH]2)CC1. The van der Waals surface area contributed by atoms with E-state index in [1.165, 1.54) is 24.0 Å². The van der Waals surface area contributed by atoms with Crippen molar-refractivity contribution in [2.75, 3.05) is 24.2 Å². The van der Waals surface area contributed by atoms with E-state index in [0.717, 1.165) is 58.7 Å². The molecule has 3 N–H and O–H groups in total. The van der Waals surface area contributed by atoms with Gasteiger partial charge in [0.15, 0.2) is 0 Å². The molecule has 5 nitrogen and oxygen atoms in total. The van der Waals surface area contributed by atoms with Crippen LogP contribution in [-0.4, -0.2) is 39.3 Å². The van der Waals surface area contributed by atoms with Gasteiger partial charge < -0.3 is 15.7 Å². The van der Waals surface area contributed by atoms with Crippen molar-refractivity contribution in [3.63, 3.8) is 0 Å². The number of hydrogen-bond donors (Lipinski definition) is 3. The number of benzene rings is 1. The van der Waals surface area contributed by atoms with Crippen molar-refractivity contribution in [2.45, 2.75) is 26.7 Å². The number of nitrogens with zero attached hydrogens (tertiary/aromatic N) is 2. The molecule has 0 atom stereocenters. The molecule has 0 saturated heterocycles. The summed E-state index contributed by atoms with van der Waals surface area (Å²) in [5, 5.41) is 12.2. The number of pyridine rings is 1. The Kier molecular flexibility index (Phi) is 6.02. The average Bonchev–Trinajstić information content (AvgIpc) is 3.19. The predicted octanol–water partition coefficient (Wildman–Crippen LogP) is 5.76. The maximum atomic E-state index is 7.58. The molecule has 0 saturated carbocycles. The van der Waals surface area contributed by atoms with Crippen LogP contribution in [0, 0.1) is 12.3 Å². The number of aryl methyl sites for hydroxylation is 1. The molecule has 0 unspecified atom stereocenters. The second kappa shape index (κ2) is 8.84. The minimum absolute atomic E-state index is 0.896. The second-order valence-corrected chi connectivity index (χ2v) is 8.53. The number of aromatic nitrogens is 2. The van der Waals surface area contributed by atoms with Crippen molar-refractivity contribution < 1.29 is 0 Å². The highest BCUT2D eigenvalue weighted by molar-refractivity contribution is 7.97. The van der Waals surface area contributed by atoms with Crippen LogP contribution in [-0.2, 0) is 0 Å². The lowest BCUT2D eigenvalue weighted by Gasteiger charge is -2.24. The topological polar surface area (TPSA) is 67.8 Å². The van der Waals surface area contributed by atoms with E-state index in [1.54, 1.807) is 0 Å². The molecule has 0 fully saturated rings. The fourth-order valence-corrected chi connectivity index (χ4v) is 4.41. The zero-order valence-electron chi connectivity index (χ0n) is 17.0. The summed E-state index contributed by atoms with van der Waals surface area (Å²) in [4.78, 5) is 8.03. The van der Waals surface area contributed by atoms with Gasteiger partial charge in [-0.2, -0.15) is 0 Å². The van der Waals surface area contributed by atoms with Crippen LogP contribution in [0.4, 0.5) is 11.4 Å². The van der Waals surface area contributed by atoms with E-state index in [-0.39, 0.29) is 0 Å². The Labute approximate surface area is 176 Å². The van der Waals surface area contributed by atoms with E-state index in [4.69, 9.17) is 5.41 Å². The Balaban J connectivity index is 1.58. The van der Waals surface area contributed by atoms with E-state index in [0.29, 0.717) is 0 Å². The van der Waals surface area contributed by atoms with Crippen molar-refractivity contribution >= 4 is 46.1 Å². The summed E-state index contributed by atoms with van der Waals surface area (Å²) >= 11 is 1.95. The van der Waals surface area contributed by atoms with Gasteiger partial charge in [0.2, 0.25) is 0 Å². The van der Waals surface area contributed by atoms with Crippen LogP contribution in [0.25, 0.3) is 16.6 Å². The molecular weight excluding hydrogens is 378 g/mol. The Hall–Kier alpha value is -2.57. The first-order valence-electron chi connectivity index (χ1n) is 10.1. The Morgan fingerprint density at radius 3 is 2.97 bits per heavy atom. The van der Waals surface area contributed by atoms with Crippen molar-refractivity contribution in [3.8, 4) is 0 Å². The molecule has 3 heterocycles. The lowest BCUT2D eigenvalue weighted by Crippen LogP contribution is -2.22. The third-order valence-electron chi connectivity index (χ3n) is 5.24. The molecule has 4 rings (SSSR count). The van der Waals surface area contributed by atoms with Gasteiger partial charge in [-0.1, -0.05) is 31.0 Å². The Morgan fingerprint density at radius 1 is 1.31 bits per heavy atom. The lowest BCUT2D eigenvalue weighted by atomic mass is 10.1. The van der Waals surface area contributed by atoms with Crippen molar-refractivity contribution in [2.24, 2.45) is 0 Å². The fraction of sp³-hybridized carbons (Fsp3) is 0.304. The highest BCUT2D eigenvalue weighted by Crippen LogP contribution is 2.31. The van der Waals surface area contributed by atoms with Gasteiger partial charge in [0.05, 0.1) is 5.69 Å². The Bertz CT molecular complexity index is 1050. The summed E-state index contributed by atoms with van der Waals surface area (Å²) < 4.78 is 2.44. The molecule has 0 spiro atoms. The first kappa shape index (κ1) is 19.7. The van der Waals surface area contributed by atoms with Gasteiger partial charge in [-0.15, -0.1) is 0 Å². The summed E-state index contributed by atoms with van der Waals surface area (Å²) in [5.74, 6) is 1.19. The lowest BCUT2D eigenvalue weighted by molar-refractivity contribution is 0.515. The van der Waals surface area contributed by atoms with Gasteiger partial charge in [-0.25, -0.2) is 9.29 Å². The average molecular weight is 406 g/mol. The number of hydrogen-bond acceptors (Lipinski definition) is 5. The summed E-state index contributed by atoms with van der Waals surface area (Å²) in [7, 11) is 0. The van der Waals surface area contributed by atoms with Gasteiger partial charge >= 0.3 is 0 Å². The van der Waals surface area contributed by atoms with Crippen LogP contribution in [0.1, 0.15) is 36.6 Å². The van der Waals surface area contributed by atoms with E-state index in [2.05, 4.69) is 38.7 Å². The first-order valence-corrected chi connectivity index (χ1v) is 11.1. The number of rotatable bonds is 7. The molecule has 29 heavy (non-hydrogen) atoms. The summed E-state index contributed by atoms with van der Waals surface area (Å²) in [6.07, 6.45) is 7.82. The smallest absolute Gasteiger partial charge is 0.139 e. The second-order valence-electron chi connectivity index (χ2n) is 7.35. The summed E-state index contributed by atoms with van der Waals surface area (Å²) in [5.41, 5.74) is 7.44. The quantitative estimate of drug-likeness (QED) is 0.345. The van der Waals surface area contributed by atoms with Crippen LogP contribution in [0.2, 0.25) is 0 Å². The third kappa shape index (κ3) is 4.38. The molecule has 0 amide bonds. The van der Waals surface area contributed by atoms with Crippen LogP contribution >= 0.6 is 11.9 Å². The number of anilines is 2. The van der Waals surface area contributed by atoms with Gasteiger partial charge in [-0.3, -0.25) is 0 Å². The van der Waals surface area contributed by atoms with Crippen LogP contribution in [0.3, 0.4) is 0 Å². The molecule has 6 heteroatoms. The monoisotopic (exact) mass is 405 g/mol. The predicted molar refractivity (Wildman–Crippen MR) is 125 cm³/mol. The minimum Gasteiger partial charge on any atom is -0.355 e. The summed E-state index contributed by atoms with van der Waals surface area (Å²) in [6, 6.07) is 10.3. The molecule has 1 aliphatic heterocycles. The number of nitrogens with one attached hydrogen (secondary N) is 3. The normalized spacial score (nSPS) is 14.8. The number of fused-ring (bicyclic) bond motifs is 1. The van der Waals surface area contributed by atoms with E-state index < -0.39 is 0 Å². The highest BCUT2D eigenvalue weighted by atomic mass is 32.2. The molecule has 0 radical (unpaired) electrons. The molecule has 1 aliphatic rings. The van der Waals surface area contributed by atoms with E-state index in [1.807, 2.05) is 49.3 Å². The van der Waals surface area contributed by atoms with E-state index in [9.17, 15) is 0 Å². The number of aromatic amines is 1. The maximum Gasteiger partial charge on any atom is 0.139 e. The molecule has 3 aromatic rings. The largest absolute Gasteiger partial charge is 0.355 e. The zero-order chi connectivity index (χ0) is 20.2. The van der Waals surface area contributed by atoms with Crippen LogP contribution in [0.15, 0.2) is 42.6 Å². The number of H-pyrrole nitrogens is 1. The van der Waals surface area contributed by atoms with Gasteiger partial charge in [0.1, 0.15) is 5.65 Å². The Morgan fingerprint density at radius 2 is 2.21 bits per heavy atom. The van der Waals surface area contributed by atoms with Gasteiger partial charge in [0.25, 0.3) is 0 Å². The highest BCUT2D eigenvalue weighted by Gasteiger charge is 2.16. The van der Waals surface area contributed by atoms with Crippen molar-refractivity contribution in [3.05, 3.63) is 59.4 Å². The first-order chi connectivity index (χ1) is 14.2. The molecule has 0 bridgehead atoms. The minimum atomic E-state index is 0.896. The van der Waals surface area contributed by atoms with Gasteiger partial charge in [0, 0.05) is 48.0 Å². The summed E-state index contributed by atoms with van der Waals surface area (Å²) in [6.45, 7) is 6.32.